The fourth-order valence-corrected chi connectivity index (χ4v) is 5.96. The van der Waals surface area contributed by atoms with E-state index in [0.29, 0.717) is 22.8 Å². The van der Waals surface area contributed by atoms with Gasteiger partial charge < -0.3 is 14.4 Å². The van der Waals surface area contributed by atoms with Crippen LogP contribution in [0.15, 0.2) is 143 Å². The number of hydrazone groups is 1. The molecule has 0 saturated heterocycles. The summed E-state index contributed by atoms with van der Waals surface area (Å²) < 4.78 is 11.1. The maximum Gasteiger partial charge on any atom is 0.340 e. The Morgan fingerprint density at radius 1 is 0.778 bits per heavy atom. The molecule has 0 radical (unpaired) electrons. The van der Waals surface area contributed by atoms with Crippen molar-refractivity contribution in [1.82, 2.24) is 0 Å². The Labute approximate surface area is 263 Å². The average molecular weight is 599 g/mol. The van der Waals surface area contributed by atoms with Gasteiger partial charge in [-0.2, -0.15) is 5.10 Å². The molecular weight excluding hydrogens is 564 g/mol. The molecule has 4 aromatic rings. The van der Waals surface area contributed by atoms with Gasteiger partial charge >= 0.3 is 11.9 Å². The van der Waals surface area contributed by atoms with E-state index in [0.717, 1.165) is 22.5 Å². The van der Waals surface area contributed by atoms with E-state index in [1.54, 1.807) is 20.0 Å². The van der Waals surface area contributed by atoms with Crippen LogP contribution in [0.2, 0.25) is 0 Å². The summed E-state index contributed by atoms with van der Waals surface area (Å²) in [5.74, 6) is -0.482. The third-order valence-electron chi connectivity index (χ3n) is 7.94. The van der Waals surface area contributed by atoms with Gasteiger partial charge in [0.2, 0.25) is 5.66 Å². The van der Waals surface area contributed by atoms with Crippen LogP contribution in [-0.4, -0.2) is 37.2 Å². The molecule has 0 bridgehead atoms. The van der Waals surface area contributed by atoms with Crippen molar-refractivity contribution in [2.45, 2.75) is 26.4 Å². The number of carbonyl (C=O) groups is 2. The Bertz CT molecular complexity index is 1800. The molecule has 1 spiro atoms. The first-order valence-corrected chi connectivity index (χ1v) is 14.8. The van der Waals surface area contributed by atoms with Crippen LogP contribution in [0.1, 0.15) is 25.0 Å². The van der Waals surface area contributed by atoms with E-state index in [4.69, 9.17) is 14.6 Å². The second-order valence-corrected chi connectivity index (χ2v) is 10.7. The maximum atomic E-state index is 14.3. The molecule has 0 aromatic heterocycles. The van der Waals surface area contributed by atoms with Crippen LogP contribution in [-0.2, 0) is 19.1 Å². The highest BCUT2D eigenvalue weighted by atomic mass is 16.5. The fourth-order valence-electron chi connectivity index (χ4n) is 5.96. The van der Waals surface area contributed by atoms with E-state index >= 15 is 0 Å². The summed E-state index contributed by atoms with van der Waals surface area (Å²) in [5.41, 5.74) is 3.69. The third-order valence-corrected chi connectivity index (χ3v) is 7.94. The lowest BCUT2D eigenvalue weighted by Crippen LogP contribution is -2.61. The van der Waals surface area contributed by atoms with Gasteiger partial charge in [-0.05, 0) is 57.2 Å². The molecule has 0 saturated carbocycles. The van der Waals surface area contributed by atoms with Crippen molar-refractivity contribution in [3.8, 4) is 0 Å². The number of hydrogen-bond donors (Lipinski definition) is 0. The number of benzene rings is 4. The second-order valence-electron chi connectivity index (χ2n) is 10.7. The Balaban J connectivity index is 1.78. The van der Waals surface area contributed by atoms with Crippen LogP contribution in [0.5, 0.6) is 0 Å². The van der Waals surface area contributed by atoms with E-state index < -0.39 is 17.6 Å². The Kier molecular flexibility index (Phi) is 7.96. The van der Waals surface area contributed by atoms with E-state index in [2.05, 4.69) is 0 Å². The molecule has 2 heterocycles. The summed E-state index contributed by atoms with van der Waals surface area (Å²) in [7, 11) is 1.36. The first-order chi connectivity index (χ1) is 21.9. The first-order valence-electron chi connectivity index (χ1n) is 14.8. The maximum absolute atomic E-state index is 14.3. The number of amidine groups is 1. The number of anilines is 3. The highest BCUT2D eigenvalue weighted by Gasteiger charge is 2.63. The summed E-state index contributed by atoms with van der Waals surface area (Å²) in [4.78, 5) is 31.8. The topological polar surface area (TPSA) is 74.7 Å². The number of esters is 2. The summed E-state index contributed by atoms with van der Waals surface area (Å²) in [6.45, 7) is 5.67. The van der Waals surface area contributed by atoms with Crippen molar-refractivity contribution < 1.29 is 19.1 Å². The summed E-state index contributed by atoms with van der Waals surface area (Å²) in [6, 6.07) is 37.1. The number of methoxy groups -OCH3 is 1. The predicted octanol–water partition coefficient (Wildman–Crippen LogP) is 6.79. The fraction of sp³-hybridized carbons (Fsp3) is 0.162. The van der Waals surface area contributed by atoms with Gasteiger partial charge in [-0.15, -0.1) is 0 Å². The monoisotopic (exact) mass is 598 g/mol. The molecule has 4 aromatic carbocycles. The van der Waals surface area contributed by atoms with E-state index in [-0.39, 0.29) is 12.2 Å². The molecule has 2 aliphatic rings. The molecule has 2 aliphatic heterocycles. The molecule has 8 nitrogen and oxygen atoms in total. The van der Waals surface area contributed by atoms with E-state index in [1.807, 2.05) is 137 Å². The lowest BCUT2D eigenvalue weighted by Gasteiger charge is -2.45. The molecule has 6 rings (SSSR count). The summed E-state index contributed by atoms with van der Waals surface area (Å²) >= 11 is 0. The number of aryl methyl sites for hydroxylation is 1. The smallest absolute Gasteiger partial charge is 0.340 e. The Morgan fingerprint density at radius 2 is 1.36 bits per heavy atom. The Hall–Kier alpha value is -5.63. The first kappa shape index (κ1) is 29.4. The standard InChI is InChI=1S/C37H34N4O4/c1-5-45-36(43)32-25-39(29-23-21-26(2)22-24-29)33(27(3)35(42)44-4)37(32)40(30-17-11-7-12-18-30)34(28-15-9-6-10-16-28)38-41(37)31-19-13-8-14-20-31/h6-25H,5H2,1-4H3/b33-27+. The number of rotatable bonds is 7. The van der Waals surface area contributed by atoms with Gasteiger partial charge in [-0.3, -0.25) is 4.90 Å². The van der Waals surface area contributed by atoms with Crippen molar-refractivity contribution in [1.29, 1.82) is 0 Å². The quantitative estimate of drug-likeness (QED) is 0.171. The number of carbonyl (C=O) groups excluding carboxylic acids is 2. The zero-order valence-electron chi connectivity index (χ0n) is 25.7. The van der Waals surface area contributed by atoms with Crippen LogP contribution < -0.4 is 14.8 Å². The van der Waals surface area contributed by atoms with Crippen molar-refractivity contribution >= 4 is 34.8 Å². The highest BCUT2D eigenvalue weighted by molar-refractivity contribution is 6.18. The highest BCUT2D eigenvalue weighted by Crippen LogP contribution is 2.53. The molecule has 226 valence electrons. The van der Waals surface area contributed by atoms with Crippen molar-refractivity contribution in [3.05, 3.63) is 149 Å². The SMILES string of the molecule is CCOC(=O)C1=CN(c2ccc(C)cc2)/C(=C(\C)C(=O)OC)C12N(c1ccccc1)N=C(c1ccccc1)N2c1ccccc1. The zero-order chi connectivity index (χ0) is 31.6. The van der Waals surface area contributed by atoms with Gasteiger partial charge in [0.25, 0.3) is 0 Å². The minimum Gasteiger partial charge on any atom is -0.466 e. The molecule has 1 unspecified atom stereocenters. The summed E-state index contributed by atoms with van der Waals surface area (Å²) in [6.07, 6.45) is 1.76. The van der Waals surface area contributed by atoms with Gasteiger partial charge in [0.1, 0.15) is 5.57 Å². The lowest BCUT2D eigenvalue weighted by molar-refractivity contribution is -0.139. The molecule has 1 atom stereocenters. The summed E-state index contributed by atoms with van der Waals surface area (Å²) in [5, 5.41) is 7.11. The van der Waals surface area contributed by atoms with Gasteiger partial charge in [0, 0.05) is 23.1 Å². The molecule has 0 fully saturated rings. The predicted molar refractivity (Wildman–Crippen MR) is 177 cm³/mol. The molecule has 0 amide bonds. The minimum atomic E-state index is -1.51. The molecule has 8 heteroatoms. The zero-order valence-corrected chi connectivity index (χ0v) is 25.7. The van der Waals surface area contributed by atoms with Gasteiger partial charge in [-0.25, -0.2) is 14.6 Å². The van der Waals surface area contributed by atoms with E-state index in [1.165, 1.54) is 7.11 Å². The number of ether oxygens (including phenoxy) is 2. The minimum absolute atomic E-state index is 0.162. The van der Waals surface area contributed by atoms with Crippen LogP contribution >= 0.6 is 0 Å². The van der Waals surface area contributed by atoms with Crippen molar-refractivity contribution in [2.75, 3.05) is 28.5 Å². The van der Waals surface area contributed by atoms with Crippen molar-refractivity contribution in [2.24, 2.45) is 5.10 Å². The number of hydrogen-bond acceptors (Lipinski definition) is 8. The Morgan fingerprint density at radius 3 is 1.93 bits per heavy atom. The third kappa shape index (κ3) is 4.94. The molecule has 45 heavy (non-hydrogen) atoms. The van der Waals surface area contributed by atoms with Gasteiger partial charge in [-0.1, -0.05) is 84.4 Å². The van der Waals surface area contributed by atoms with Crippen molar-refractivity contribution in [3.63, 3.8) is 0 Å². The lowest BCUT2D eigenvalue weighted by atomic mass is 9.91. The second kappa shape index (κ2) is 12.2. The van der Waals surface area contributed by atoms with Crippen LogP contribution in [0.3, 0.4) is 0 Å². The van der Waals surface area contributed by atoms with Crippen LogP contribution in [0, 0.1) is 6.92 Å². The molecule has 0 aliphatic carbocycles. The van der Waals surface area contributed by atoms with Gasteiger partial charge in [0.15, 0.2) is 5.84 Å². The normalized spacial score (nSPS) is 18.5. The van der Waals surface area contributed by atoms with Crippen LogP contribution in [0.4, 0.5) is 17.1 Å². The van der Waals surface area contributed by atoms with E-state index in [9.17, 15) is 9.59 Å². The largest absolute Gasteiger partial charge is 0.466 e. The molecule has 0 N–H and O–H groups in total. The number of para-hydroxylation sites is 2. The van der Waals surface area contributed by atoms with Gasteiger partial charge in [0.05, 0.1) is 30.7 Å². The average Bonchev–Trinajstić information content (AvgIpc) is 3.62. The molecular formula is C37H34N4O4. The number of nitrogens with zero attached hydrogens (tertiary/aromatic N) is 4. The van der Waals surface area contributed by atoms with Crippen LogP contribution in [0.25, 0.3) is 0 Å².